The number of benzene rings is 1. The Kier molecular flexibility index (Phi) is 1.90. The average molecular weight is 234 g/mol. The molecule has 0 radical (unpaired) electrons. The first-order valence-corrected chi connectivity index (χ1v) is 6.38. The molecule has 0 spiro atoms. The van der Waals surface area contributed by atoms with Gasteiger partial charge in [0.25, 0.3) is 0 Å². The fourth-order valence-corrected chi connectivity index (χ4v) is 2.84. The first kappa shape index (κ1) is 9.89. The lowest BCUT2D eigenvalue weighted by atomic mass is 9.97. The number of aryl methyl sites for hydroxylation is 1. The predicted molar refractivity (Wildman–Crippen MR) is 74.7 cm³/mol. The molecule has 3 aromatic rings. The van der Waals surface area contributed by atoms with Crippen LogP contribution >= 0.6 is 0 Å². The van der Waals surface area contributed by atoms with Crippen LogP contribution in [0.3, 0.4) is 0 Å². The van der Waals surface area contributed by atoms with E-state index in [-0.39, 0.29) is 0 Å². The summed E-state index contributed by atoms with van der Waals surface area (Å²) >= 11 is 0. The van der Waals surface area contributed by atoms with E-state index < -0.39 is 0 Å². The monoisotopic (exact) mass is 234 g/mol. The first-order chi connectivity index (χ1) is 8.83. The Balaban J connectivity index is 2.18. The van der Waals surface area contributed by atoms with Crippen LogP contribution in [0.15, 0.2) is 42.2 Å². The lowest BCUT2D eigenvalue weighted by Gasteiger charge is -2.14. The van der Waals surface area contributed by atoms with Crippen LogP contribution in [-0.2, 0) is 6.42 Å². The fourth-order valence-electron chi connectivity index (χ4n) is 2.84. The Labute approximate surface area is 106 Å². The highest BCUT2D eigenvalue weighted by molar-refractivity contribution is 5.90. The molecule has 88 valence electrons. The van der Waals surface area contributed by atoms with Gasteiger partial charge in [0.1, 0.15) is 0 Å². The average Bonchev–Trinajstić information content (AvgIpc) is 2.78. The summed E-state index contributed by atoms with van der Waals surface area (Å²) in [6, 6.07) is 10.7. The van der Waals surface area contributed by atoms with Gasteiger partial charge in [-0.25, -0.2) is 4.98 Å². The van der Waals surface area contributed by atoms with Gasteiger partial charge in [-0.1, -0.05) is 29.8 Å². The number of fused-ring (bicyclic) bond motifs is 5. The minimum Gasteiger partial charge on any atom is -0.300 e. The van der Waals surface area contributed by atoms with Gasteiger partial charge in [-0.15, -0.1) is 0 Å². The van der Waals surface area contributed by atoms with Gasteiger partial charge in [-0.2, -0.15) is 0 Å². The molecule has 0 aliphatic heterocycles. The maximum atomic E-state index is 4.62. The van der Waals surface area contributed by atoms with Crippen molar-refractivity contribution in [3.8, 4) is 0 Å². The summed E-state index contributed by atoms with van der Waals surface area (Å²) in [6.07, 6.45) is 6.46. The fraction of sp³-hybridized carbons (Fsp3) is 0.188. The summed E-state index contributed by atoms with van der Waals surface area (Å²) in [7, 11) is 0. The Morgan fingerprint density at radius 2 is 2.00 bits per heavy atom. The molecule has 1 aliphatic rings. The standard InChI is InChI=1S/C16H14N2/c1-11-6-7-14-13(8-11)16-9-12-4-2-3-5-15(12)18(16)10-17-14/h2-5,8-10H,6-7H2,1H3. The first-order valence-electron chi connectivity index (χ1n) is 6.38. The van der Waals surface area contributed by atoms with Crippen molar-refractivity contribution >= 4 is 22.5 Å². The van der Waals surface area contributed by atoms with Gasteiger partial charge in [-0.05, 0) is 31.9 Å². The normalized spacial score (nSPS) is 14.8. The number of hydrogen-bond acceptors (Lipinski definition) is 1. The van der Waals surface area contributed by atoms with Gasteiger partial charge >= 0.3 is 0 Å². The summed E-state index contributed by atoms with van der Waals surface area (Å²) in [6.45, 7) is 2.20. The van der Waals surface area contributed by atoms with E-state index >= 15 is 0 Å². The van der Waals surface area contributed by atoms with Crippen molar-refractivity contribution in [2.75, 3.05) is 0 Å². The van der Waals surface area contributed by atoms with Gasteiger partial charge in [0.05, 0.1) is 23.1 Å². The van der Waals surface area contributed by atoms with Crippen molar-refractivity contribution in [2.45, 2.75) is 19.8 Å². The van der Waals surface area contributed by atoms with Crippen LogP contribution in [-0.4, -0.2) is 9.38 Å². The zero-order valence-electron chi connectivity index (χ0n) is 10.4. The summed E-state index contributed by atoms with van der Waals surface area (Å²) in [5, 5.41) is 1.28. The molecule has 0 bridgehead atoms. The molecule has 2 nitrogen and oxygen atoms in total. The number of aromatic nitrogens is 2. The molecule has 0 fully saturated rings. The Bertz CT molecular complexity index is 793. The van der Waals surface area contributed by atoms with E-state index in [0.717, 1.165) is 12.8 Å². The summed E-state index contributed by atoms with van der Waals surface area (Å²) < 4.78 is 2.20. The number of para-hydroxylation sites is 1. The third kappa shape index (κ3) is 1.26. The van der Waals surface area contributed by atoms with Crippen LogP contribution < -0.4 is 0 Å². The molecule has 0 amide bonds. The third-order valence-corrected chi connectivity index (χ3v) is 3.81. The zero-order chi connectivity index (χ0) is 12.1. The van der Waals surface area contributed by atoms with Crippen LogP contribution in [0.1, 0.15) is 24.6 Å². The second-order valence-corrected chi connectivity index (χ2v) is 5.05. The summed E-state index contributed by atoms with van der Waals surface area (Å²) in [5.41, 5.74) is 6.50. The van der Waals surface area contributed by atoms with E-state index in [4.69, 9.17) is 0 Å². The van der Waals surface area contributed by atoms with Gasteiger partial charge in [0.2, 0.25) is 0 Å². The van der Waals surface area contributed by atoms with Crippen LogP contribution in [0.5, 0.6) is 0 Å². The predicted octanol–water partition coefficient (Wildman–Crippen LogP) is 3.84. The van der Waals surface area contributed by atoms with Crippen LogP contribution in [0.4, 0.5) is 0 Å². The molecular formula is C16H14N2. The second-order valence-electron chi connectivity index (χ2n) is 5.05. The number of nitrogens with zero attached hydrogens (tertiary/aromatic N) is 2. The van der Waals surface area contributed by atoms with Crippen molar-refractivity contribution < 1.29 is 0 Å². The van der Waals surface area contributed by atoms with Gasteiger partial charge in [-0.3, -0.25) is 4.40 Å². The molecule has 18 heavy (non-hydrogen) atoms. The SMILES string of the molecule is CC1=Cc2c(ncn3c2cc2ccccc23)CC1. The van der Waals surface area contributed by atoms with E-state index in [1.807, 2.05) is 6.33 Å². The van der Waals surface area contributed by atoms with E-state index in [1.54, 1.807) is 0 Å². The molecule has 0 atom stereocenters. The smallest absolute Gasteiger partial charge is 0.0999 e. The molecule has 0 saturated carbocycles. The maximum Gasteiger partial charge on any atom is 0.0999 e. The van der Waals surface area contributed by atoms with E-state index in [1.165, 1.54) is 33.3 Å². The molecule has 1 aromatic carbocycles. The molecule has 1 aliphatic carbocycles. The van der Waals surface area contributed by atoms with E-state index in [0.29, 0.717) is 0 Å². The van der Waals surface area contributed by atoms with Crippen molar-refractivity contribution in [1.29, 1.82) is 0 Å². The van der Waals surface area contributed by atoms with Crippen LogP contribution in [0, 0.1) is 0 Å². The maximum absolute atomic E-state index is 4.62. The minimum absolute atomic E-state index is 1.07. The molecule has 0 saturated heterocycles. The molecule has 2 heterocycles. The Hall–Kier alpha value is -2.09. The Morgan fingerprint density at radius 3 is 2.94 bits per heavy atom. The molecule has 0 N–H and O–H groups in total. The third-order valence-electron chi connectivity index (χ3n) is 3.81. The van der Waals surface area contributed by atoms with Gasteiger partial charge in [0, 0.05) is 10.9 Å². The van der Waals surface area contributed by atoms with Gasteiger partial charge < -0.3 is 0 Å². The molecular weight excluding hydrogens is 220 g/mol. The number of hydrogen-bond donors (Lipinski definition) is 0. The second kappa shape index (κ2) is 3.45. The van der Waals surface area contributed by atoms with Crippen LogP contribution in [0.25, 0.3) is 22.5 Å². The largest absolute Gasteiger partial charge is 0.300 e. The molecule has 2 aromatic heterocycles. The quantitative estimate of drug-likeness (QED) is 0.577. The minimum atomic E-state index is 1.07. The highest BCUT2D eigenvalue weighted by atomic mass is 15.0. The number of allylic oxidation sites excluding steroid dienone is 1. The van der Waals surface area contributed by atoms with E-state index in [9.17, 15) is 0 Å². The van der Waals surface area contributed by atoms with Gasteiger partial charge in [0.15, 0.2) is 0 Å². The van der Waals surface area contributed by atoms with Crippen molar-refractivity contribution in [3.05, 3.63) is 53.5 Å². The summed E-state index contributed by atoms with van der Waals surface area (Å²) in [4.78, 5) is 4.62. The Morgan fingerprint density at radius 1 is 1.11 bits per heavy atom. The highest BCUT2D eigenvalue weighted by Gasteiger charge is 2.14. The lowest BCUT2D eigenvalue weighted by Crippen LogP contribution is -2.03. The zero-order valence-corrected chi connectivity index (χ0v) is 10.4. The van der Waals surface area contributed by atoms with Crippen LogP contribution in [0.2, 0.25) is 0 Å². The summed E-state index contributed by atoms with van der Waals surface area (Å²) in [5.74, 6) is 0. The molecule has 4 rings (SSSR count). The van der Waals surface area contributed by atoms with Crippen molar-refractivity contribution in [1.82, 2.24) is 9.38 Å². The molecule has 0 unspecified atom stereocenters. The lowest BCUT2D eigenvalue weighted by molar-refractivity contribution is 0.872. The highest BCUT2D eigenvalue weighted by Crippen LogP contribution is 2.29. The van der Waals surface area contributed by atoms with Crippen molar-refractivity contribution in [2.24, 2.45) is 0 Å². The van der Waals surface area contributed by atoms with Crippen molar-refractivity contribution in [3.63, 3.8) is 0 Å². The van der Waals surface area contributed by atoms with E-state index in [2.05, 4.69) is 52.7 Å². The number of rotatable bonds is 0. The topological polar surface area (TPSA) is 17.3 Å². The molecule has 2 heteroatoms.